The van der Waals surface area contributed by atoms with E-state index in [2.05, 4.69) is 15.3 Å². The molecular weight excluding hydrogens is 233 g/mol. The predicted octanol–water partition coefficient (Wildman–Crippen LogP) is 2.14. The van der Waals surface area contributed by atoms with Crippen LogP contribution in [0.4, 0.5) is 10.2 Å². The number of hydrogen-bond acceptors (Lipinski definition) is 3. The van der Waals surface area contributed by atoms with Gasteiger partial charge in [0.25, 0.3) is 5.56 Å². The van der Waals surface area contributed by atoms with Crippen LogP contribution in [-0.2, 0) is 6.54 Å². The predicted molar refractivity (Wildman–Crippen MR) is 68.1 cm³/mol. The third-order valence-corrected chi connectivity index (χ3v) is 2.66. The highest BCUT2D eigenvalue weighted by atomic mass is 19.1. The molecule has 0 aliphatic rings. The zero-order valence-electron chi connectivity index (χ0n) is 10.2. The lowest BCUT2D eigenvalue weighted by Gasteiger charge is -2.08. The Kier molecular flexibility index (Phi) is 3.41. The van der Waals surface area contributed by atoms with Crippen molar-refractivity contribution in [3.63, 3.8) is 0 Å². The number of hydrogen-bond donors (Lipinski definition) is 2. The number of nitrogens with zero attached hydrogens (tertiary/aromatic N) is 1. The van der Waals surface area contributed by atoms with Gasteiger partial charge >= 0.3 is 0 Å². The van der Waals surface area contributed by atoms with E-state index in [-0.39, 0.29) is 17.2 Å². The van der Waals surface area contributed by atoms with E-state index in [0.29, 0.717) is 17.7 Å². The van der Waals surface area contributed by atoms with E-state index < -0.39 is 0 Å². The number of aryl methyl sites for hydroxylation is 2. The summed E-state index contributed by atoms with van der Waals surface area (Å²) in [5.74, 6) is 0.0755. The minimum atomic E-state index is -0.270. The highest BCUT2D eigenvalue weighted by molar-refractivity contribution is 5.35. The molecule has 0 bridgehead atoms. The Bertz CT molecular complexity index is 599. The van der Waals surface area contributed by atoms with E-state index in [1.54, 1.807) is 26.0 Å². The van der Waals surface area contributed by atoms with Gasteiger partial charge in [0.05, 0.1) is 0 Å². The van der Waals surface area contributed by atoms with E-state index in [4.69, 9.17) is 0 Å². The van der Waals surface area contributed by atoms with Crippen molar-refractivity contribution < 1.29 is 4.39 Å². The molecule has 1 heterocycles. The number of H-pyrrole nitrogens is 1. The van der Waals surface area contributed by atoms with Gasteiger partial charge in [-0.05, 0) is 30.5 Å². The first-order valence-corrected chi connectivity index (χ1v) is 5.61. The molecule has 18 heavy (non-hydrogen) atoms. The minimum absolute atomic E-state index is 0.186. The first kappa shape index (κ1) is 12.3. The molecule has 94 valence electrons. The molecule has 0 atom stereocenters. The van der Waals surface area contributed by atoms with Crippen LogP contribution in [0.3, 0.4) is 0 Å². The SMILES string of the molecule is Cc1cc(CNc2ncc[nH]c2=O)cc(C)c1F. The fourth-order valence-electron chi connectivity index (χ4n) is 1.80. The maximum absolute atomic E-state index is 13.5. The van der Waals surface area contributed by atoms with E-state index in [1.165, 1.54) is 12.4 Å². The van der Waals surface area contributed by atoms with Crippen LogP contribution in [-0.4, -0.2) is 9.97 Å². The van der Waals surface area contributed by atoms with Crippen LogP contribution in [0.5, 0.6) is 0 Å². The highest BCUT2D eigenvalue weighted by Crippen LogP contribution is 2.15. The first-order valence-electron chi connectivity index (χ1n) is 5.61. The first-order chi connectivity index (χ1) is 8.58. The number of aromatic nitrogens is 2. The van der Waals surface area contributed by atoms with Crippen LogP contribution >= 0.6 is 0 Å². The van der Waals surface area contributed by atoms with Crippen molar-refractivity contribution >= 4 is 5.82 Å². The molecule has 0 radical (unpaired) electrons. The number of anilines is 1. The van der Waals surface area contributed by atoms with Crippen LogP contribution in [0.1, 0.15) is 16.7 Å². The monoisotopic (exact) mass is 247 g/mol. The second-order valence-electron chi connectivity index (χ2n) is 4.16. The van der Waals surface area contributed by atoms with Crippen LogP contribution in [0, 0.1) is 19.7 Å². The lowest BCUT2D eigenvalue weighted by Crippen LogP contribution is -2.15. The van der Waals surface area contributed by atoms with Gasteiger partial charge in [0.1, 0.15) is 5.82 Å². The van der Waals surface area contributed by atoms with Gasteiger partial charge in [-0.25, -0.2) is 9.37 Å². The Balaban J connectivity index is 2.16. The van der Waals surface area contributed by atoms with Gasteiger partial charge < -0.3 is 10.3 Å². The number of rotatable bonds is 3. The molecule has 4 nitrogen and oxygen atoms in total. The summed E-state index contributed by atoms with van der Waals surface area (Å²) in [7, 11) is 0. The van der Waals surface area contributed by atoms with Gasteiger partial charge in [0.15, 0.2) is 5.82 Å². The Morgan fingerprint density at radius 1 is 1.33 bits per heavy atom. The second kappa shape index (κ2) is 5.00. The summed E-state index contributed by atoms with van der Waals surface area (Å²) in [6, 6.07) is 3.51. The molecule has 1 aromatic carbocycles. The van der Waals surface area contributed by atoms with Crippen molar-refractivity contribution in [3.05, 3.63) is 57.4 Å². The lowest BCUT2D eigenvalue weighted by molar-refractivity contribution is 0.608. The van der Waals surface area contributed by atoms with Crippen molar-refractivity contribution in [3.8, 4) is 0 Å². The van der Waals surface area contributed by atoms with Gasteiger partial charge in [-0.1, -0.05) is 12.1 Å². The molecule has 0 aliphatic carbocycles. The number of aromatic amines is 1. The summed E-state index contributed by atoms with van der Waals surface area (Å²) in [4.78, 5) is 17.8. The number of benzene rings is 1. The zero-order chi connectivity index (χ0) is 13.1. The Labute approximate surface area is 104 Å². The molecule has 0 fully saturated rings. The summed E-state index contributed by atoms with van der Waals surface area (Å²) >= 11 is 0. The molecule has 1 aromatic heterocycles. The van der Waals surface area contributed by atoms with Crippen molar-refractivity contribution in [2.45, 2.75) is 20.4 Å². The average Bonchev–Trinajstić information content (AvgIpc) is 2.35. The van der Waals surface area contributed by atoms with Gasteiger partial charge in [-0.2, -0.15) is 0 Å². The highest BCUT2D eigenvalue weighted by Gasteiger charge is 2.05. The second-order valence-corrected chi connectivity index (χ2v) is 4.16. The summed E-state index contributed by atoms with van der Waals surface area (Å²) in [6.07, 6.45) is 2.98. The van der Waals surface area contributed by atoms with Gasteiger partial charge in [0.2, 0.25) is 0 Å². The van der Waals surface area contributed by atoms with Crippen LogP contribution in [0.2, 0.25) is 0 Å². The summed E-state index contributed by atoms with van der Waals surface area (Å²) in [6.45, 7) is 3.88. The van der Waals surface area contributed by atoms with E-state index in [1.807, 2.05) is 0 Å². The number of nitrogens with one attached hydrogen (secondary N) is 2. The largest absolute Gasteiger partial charge is 0.361 e. The molecular formula is C13H14FN3O. The molecule has 2 N–H and O–H groups in total. The van der Waals surface area contributed by atoms with E-state index in [9.17, 15) is 9.18 Å². The Hall–Kier alpha value is -2.17. The Morgan fingerprint density at radius 2 is 2.00 bits per heavy atom. The summed E-state index contributed by atoms with van der Waals surface area (Å²) in [5, 5.41) is 2.93. The lowest BCUT2D eigenvalue weighted by atomic mass is 10.1. The standard InChI is InChI=1S/C13H14FN3O/c1-8-5-10(6-9(2)11(8)14)7-17-12-13(18)16-4-3-15-12/h3-6H,7H2,1-2H3,(H,15,17)(H,16,18). The molecule has 5 heteroatoms. The van der Waals surface area contributed by atoms with Gasteiger partial charge in [0, 0.05) is 18.9 Å². The molecule has 0 aliphatic heterocycles. The maximum Gasteiger partial charge on any atom is 0.290 e. The molecule has 0 unspecified atom stereocenters. The summed E-state index contributed by atoms with van der Waals surface area (Å²) in [5.41, 5.74) is 1.84. The molecule has 0 saturated heterocycles. The van der Waals surface area contributed by atoms with Crippen molar-refractivity contribution in [2.24, 2.45) is 0 Å². The fraction of sp³-hybridized carbons (Fsp3) is 0.231. The van der Waals surface area contributed by atoms with E-state index >= 15 is 0 Å². The molecule has 2 rings (SSSR count). The number of halogens is 1. The maximum atomic E-state index is 13.5. The molecule has 0 spiro atoms. The minimum Gasteiger partial charge on any atom is -0.361 e. The van der Waals surface area contributed by atoms with Gasteiger partial charge in [-0.15, -0.1) is 0 Å². The normalized spacial score (nSPS) is 10.4. The zero-order valence-corrected chi connectivity index (χ0v) is 10.2. The fourth-order valence-corrected chi connectivity index (χ4v) is 1.80. The Morgan fingerprint density at radius 3 is 2.61 bits per heavy atom. The van der Waals surface area contributed by atoms with Crippen molar-refractivity contribution in [1.82, 2.24) is 9.97 Å². The van der Waals surface area contributed by atoms with Crippen LogP contribution in [0.25, 0.3) is 0 Å². The van der Waals surface area contributed by atoms with Crippen molar-refractivity contribution in [1.29, 1.82) is 0 Å². The van der Waals surface area contributed by atoms with E-state index in [0.717, 1.165) is 5.56 Å². The summed E-state index contributed by atoms with van der Waals surface area (Å²) < 4.78 is 13.5. The van der Waals surface area contributed by atoms with Gasteiger partial charge in [-0.3, -0.25) is 4.79 Å². The smallest absolute Gasteiger partial charge is 0.290 e. The van der Waals surface area contributed by atoms with Crippen LogP contribution in [0.15, 0.2) is 29.3 Å². The molecule has 0 saturated carbocycles. The molecule has 0 amide bonds. The quantitative estimate of drug-likeness (QED) is 0.873. The third-order valence-electron chi connectivity index (χ3n) is 2.66. The topological polar surface area (TPSA) is 57.8 Å². The third kappa shape index (κ3) is 2.56. The molecule has 2 aromatic rings. The van der Waals surface area contributed by atoms with Crippen LogP contribution < -0.4 is 10.9 Å². The average molecular weight is 247 g/mol. The van der Waals surface area contributed by atoms with Crippen molar-refractivity contribution in [2.75, 3.05) is 5.32 Å².